The van der Waals surface area contributed by atoms with E-state index in [1.807, 2.05) is 0 Å². The number of hydrogen-bond donors (Lipinski definition) is 0. The molecule has 58 heavy (non-hydrogen) atoms. The van der Waals surface area contributed by atoms with Crippen LogP contribution in [-0.4, -0.2) is 13.4 Å². The smallest absolute Gasteiger partial charge is 0.0789 e. The van der Waals surface area contributed by atoms with E-state index in [9.17, 15) is 0 Å². The number of para-hydroxylation sites is 6. The highest BCUT2D eigenvalue weighted by Gasteiger charge is 2.29. The average molecular weight is 737 g/mol. The van der Waals surface area contributed by atoms with Crippen LogP contribution in [0.5, 0.6) is 0 Å². The number of benzene rings is 9. The fraction of sp³-hybridized carbons (Fsp3) is 0. The molecule has 0 saturated heterocycles. The summed E-state index contributed by atoms with van der Waals surface area (Å²) in [5, 5.41) is 12.8. The van der Waals surface area contributed by atoms with Gasteiger partial charge in [0.15, 0.2) is 0 Å². The summed E-state index contributed by atoms with van der Waals surface area (Å²) in [7, 11) is 0. The highest BCUT2D eigenvalue weighted by molar-refractivity contribution is 6.40. The summed E-state index contributed by atoms with van der Waals surface area (Å²) in [6.07, 6.45) is 0. The van der Waals surface area contributed by atoms with Crippen molar-refractivity contribution in [3.05, 3.63) is 194 Å². The first-order valence-electron chi connectivity index (χ1n) is 20.0. The van der Waals surface area contributed by atoms with Crippen molar-refractivity contribution in [3.8, 4) is 5.69 Å². The summed E-state index contributed by atoms with van der Waals surface area (Å²) < 4.78 is 7.63. The molecule has 0 unspecified atom stereocenters. The van der Waals surface area contributed by atoms with E-state index in [-0.39, 0.29) is 0 Å². The van der Waals surface area contributed by atoms with Crippen LogP contribution < -0.4 is 4.90 Å². The van der Waals surface area contributed by atoms with Crippen molar-refractivity contribution < 1.29 is 0 Å². The van der Waals surface area contributed by atoms with Crippen molar-refractivity contribution in [1.29, 1.82) is 0 Å². The first-order chi connectivity index (χ1) is 28.8. The average Bonchev–Trinajstić information content (AvgIpc) is 4.08. The molecule has 14 rings (SSSR count). The predicted octanol–water partition coefficient (Wildman–Crippen LogP) is 14.6. The van der Waals surface area contributed by atoms with Gasteiger partial charge in [0.2, 0.25) is 0 Å². The van der Waals surface area contributed by atoms with Crippen LogP contribution in [-0.2, 0) is 0 Å². The lowest BCUT2D eigenvalue weighted by molar-refractivity contribution is 1.18. The Labute approximate surface area is 331 Å². The fourth-order valence-electron chi connectivity index (χ4n) is 10.7. The zero-order chi connectivity index (χ0) is 37.6. The van der Waals surface area contributed by atoms with Gasteiger partial charge in [0, 0.05) is 70.9 Å². The van der Waals surface area contributed by atoms with Crippen LogP contribution in [0.2, 0.25) is 0 Å². The van der Waals surface area contributed by atoms with Gasteiger partial charge in [-0.2, -0.15) is 0 Å². The quantitative estimate of drug-likeness (QED) is 0.176. The summed E-state index contributed by atoms with van der Waals surface area (Å²) in [5.41, 5.74) is 14.6. The molecular weight excluding hydrogens is 705 g/mol. The van der Waals surface area contributed by atoms with Crippen LogP contribution in [0.15, 0.2) is 194 Å². The Morgan fingerprint density at radius 1 is 0.293 bits per heavy atom. The van der Waals surface area contributed by atoms with Crippen molar-refractivity contribution in [3.63, 3.8) is 0 Å². The predicted molar refractivity (Wildman–Crippen MR) is 245 cm³/mol. The largest absolute Gasteiger partial charge is 0.310 e. The highest BCUT2D eigenvalue weighted by Crippen LogP contribution is 2.52. The molecule has 5 aromatic heterocycles. The van der Waals surface area contributed by atoms with Crippen LogP contribution >= 0.6 is 0 Å². The molecule has 0 amide bonds. The topological polar surface area (TPSA) is 17.0 Å². The highest BCUT2D eigenvalue weighted by atomic mass is 15.1. The van der Waals surface area contributed by atoms with E-state index in [1.165, 1.54) is 109 Å². The van der Waals surface area contributed by atoms with Crippen LogP contribution in [0.25, 0.3) is 104 Å². The third kappa shape index (κ3) is 3.66. The van der Waals surface area contributed by atoms with Gasteiger partial charge in [-0.3, -0.25) is 0 Å². The lowest BCUT2D eigenvalue weighted by Gasteiger charge is -2.26. The van der Waals surface area contributed by atoms with Crippen LogP contribution in [0.1, 0.15) is 0 Å². The fourth-order valence-corrected chi connectivity index (χ4v) is 10.7. The second-order valence-corrected chi connectivity index (χ2v) is 15.7. The lowest BCUT2D eigenvalue weighted by atomic mass is 9.99. The van der Waals surface area contributed by atoms with E-state index >= 15 is 0 Å². The van der Waals surface area contributed by atoms with Gasteiger partial charge in [0.25, 0.3) is 0 Å². The maximum atomic E-state index is 2.58. The van der Waals surface area contributed by atoms with Gasteiger partial charge in [0.1, 0.15) is 0 Å². The van der Waals surface area contributed by atoms with E-state index in [0.717, 1.165) is 11.4 Å². The molecule has 14 aromatic rings. The Morgan fingerprint density at radius 2 is 0.810 bits per heavy atom. The molecule has 0 aliphatic carbocycles. The van der Waals surface area contributed by atoms with Gasteiger partial charge in [-0.15, -0.1) is 0 Å². The standard InChI is InChI=1S/C54H32N4/c1-4-16-33(17-5-1)55(34-18-6-2-7-19-34)46-31-30-41-48-47(57-44-26-14-11-23-39(44)49(46)51(41)57)32-42-38-29-28-37-36-22-10-13-25-43(36)56(35-20-8-3-9-21-35)53(37)54(38)58-45-27-15-12-24-40(45)50(48)52(42)58/h1-32H. The summed E-state index contributed by atoms with van der Waals surface area (Å²) in [6, 6.07) is 71.3. The van der Waals surface area contributed by atoms with Gasteiger partial charge in [-0.1, -0.05) is 127 Å². The Bertz CT molecular complexity index is 3910. The van der Waals surface area contributed by atoms with Gasteiger partial charge < -0.3 is 18.3 Å². The maximum Gasteiger partial charge on any atom is 0.0789 e. The zero-order valence-electron chi connectivity index (χ0n) is 31.3. The molecule has 4 heteroatoms. The normalized spacial score (nSPS) is 12.5. The molecule has 0 aliphatic heterocycles. The van der Waals surface area contributed by atoms with Crippen LogP contribution in [0.4, 0.5) is 17.1 Å². The molecule has 5 heterocycles. The minimum absolute atomic E-state index is 1.13. The number of anilines is 3. The third-order valence-corrected chi connectivity index (χ3v) is 12.8. The molecule has 0 atom stereocenters. The summed E-state index contributed by atoms with van der Waals surface area (Å²) in [5.74, 6) is 0. The van der Waals surface area contributed by atoms with E-state index in [4.69, 9.17) is 0 Å². The lowest BCUT2D eigenvalue weighted by Crippen LogP contribution is -2.10. The van der Waals surface area contributed by atoms with Gasteiger partial charge in [0.05, 0.1) is 49.8 Å². The van der Waals surface area contributed by atoms with Crippen molar-refractivity contribution in [2.24, 2.45) is 0 Å². The number of rotatable bonds is 4. The molecular formula is C54H32N4. The molecule has 9 aromatic carbocycles. The third-order valence-electron chi connectivity index (χ3n) is 12.8. The maximum absolute atomic E-state index is 2.58. The Hall–Kier alpha value is -7.82. The second kappa shape index (κ2) is 10.9. The molecule has 0 N–H and O–H groups in total. The number of aromatic nitrogens is 3. The van der Waals surface area contributed by atoms with E-state index in [2.05, 4.69) is 212 Å². The van der Waals surface area contributed by atoms with Crippen LogP contribution in [0, 0.1) is 0 Å². The van der Waals surface area contributed by atoms with Gasteiger partial charge in [-0.05, 0) is 66.7 Å². The number of hydrogen-bond acceptors (Lipinski definition) is 1. The molecule has 0 fully saturated rings. The van der Waals surface area contributed by atoms with Crippen molar-refractivity contribution in [1.82, 2.24) is 13.4 Å². The summed E-state index contributed by atoms with van der Waals surface area (Å²) >= 11 is 0. The molecule has 0 bridgehead atoms. The summed E-state index contributed by atoms with van der Waals surface area (Å²) in [4.78, 5) is 2.42. The van der Waals surface area contributed by atoms with Crippen LogP contribution in [0.3, 0.4) is 0 Å². The zero-order valence-corrected chi connectivity index (χ0v) is 31.3. The summed E-state index contributed by atoms with van der Waals surface area (Å²) in [6.45, 7) is 0. The van der Waals surface area contributed by atoms with Crippen molar-refractivity contribution in [2.75, 3.05) is 4.90 Å². The SMILES string of the molecule is c1ccc(N(c2ccccc2)c2ccc3c4c5c6ccccc6n6c5c(cc4n4c5ccccc5c2c34)c2ccc3c4ccccc4n(-c4ccccc4)c3c26)cc1. The number of nitrogens with zero attached hydrogens (tertiary/aromatic N) is 4. The molecule has 268 valence electrons. The minimum atomic E-state index is 1.13. The molecule has 0 spiro atoms. The minimum Gasteiger partial charge on any atom is -0.310 e. The Morgan fingerprint density at radius 3 is 1.50 bits per heavy atom. The second-order valence-electron chi connectivity index (χ2n) is 15.7. The van der Waals surface area contributed by atoms with E-state index in [1.54, 1.807) is 0 Å². The molecule has 0 saturated carbocycles. The Kier molecular flexibility index (Phi) is 5.73. The molecule has 0 radical (unpaired) electrons. The van der Waals surface area contributed by atoms with Gasteiger partial charge in [-0.25, -0.2) is 0 Å². The first-order valence-corrected chi connectivity index (χ1v) is 20.0. The van der Waals surface area contributed by atoms with Gasteiger partial charge >= 0.3 is 0 Å². The monoisotopic (exact) mass is 736 g/mol. The number of fused-ring (bicyclic) bond motifs is 17. The molecule has 4 nitrogen and oxygen atoms in total. The molecule has 0 aliphatic rings. The van der Waals surface area contributed by atoms with E-state index in [0.29, 0.717) is 0 Å². The first kappa shape index (κ1) is 30.4. The Balaban J connectivity index is 1.20. The van der Waals surface area contributed by atoms with Crippen molar-refractivity contribution in [2.45, 2.75) is 0 Å². The van der Waals surface area contributed by atoms with E-state index < -0.39 is 0 Å². The van der Waals surface area contributed by atoms with Crippen molar-refractivity contribution >= 4 is 115 Å².